The number of thiol groups is 1. The molecule has 10 aliphatic rings. The Bertz CT molecular complexity index is 4400. The number of aromatic hydroxyl groups is 1. The zero-order valence-electron chi connectivity index (χ0n) is 88.6. The van der Waals surface area contributed by atoms with Gasteiger partial charge in [-0.2, -0.15) is 31.6 Å². The zero-order chi connectivity index (χ0) is 105. The molecule has 10 aliphatic heterocycles. The van der Waals surface area contributed by atoms with Crippen molar-refractivity contribution in [3.63, 3.8) is 0 Å². The van der Waals surface area contributed by atoms with E-state index in [1.807, 2.05) is 94.4 Å². The summed E-state index contributed by atoms with van der Waals surface area (Å²) in [5.74, 6) is 5.09. The molecule has 812 valence electrons. The summed E-state index contributed by atoms with van der Waals surface area (Å²) in [6.45, 7) is 30.5. The molecule has 6 N–H and O–H groups in total. The quantitative estimate of drug-likeness (QED) is 0.00663. The number of nitriles is 2. The minimum Gasteiger partial charge on any atom is -1.00 e. The second-order valence-electron chi connectivity index (χ2n) is 34.4. The molecule has 10 fully saturated rings. The molecule has 0 saturated carbocycles. The number of aliphatic hydroxyl groups excluding tert-OH is 3. The molecule has 31 nitrogen and oxygen atoms in total. The summed E-state index contributed by atoms with van der Waals surface area (Å²) in [4.78, 5) is 45.2. The van der Waals surface area contributed by atoms with E-state index in [0.29, 0.717) is 130 Å². The van der Waals surface area contributed by atoms with Crippen LogP contribution in [0.4, 0.5) is 0 Å². The van der Waals surface area contributed by atoms with Crippen molar-refractivity contribution in [3.05, 3.63) is 179 Å². The van der Waals surface area contributed by atoms with Gasteiger partial charge in [-0.1, -0.05) is 86.9 Å². The van der Waals surface area contributed by atoms with E-state index in [1.54, 1.807) is 85.1 Å². The third-order valence-electron chi connectivity index (χ3n) is 23.5. The topological polar surface area (TPSA) is 423 Å². The Hall–Kier alpha value is -7.73. The molecule has 0 bridgehead atoms. The second-order valence-corrected chi connectivity index (χ2v) is 36.0. The number of ether oxygens (including phenoxy) is 17. The fraction of sp³-hybridized carbons (Fsp3) is 0.618. The summed E-state index contributed by atoms with van der Waals surface area (Å²) in [6.07, 6.45) is 22.5. The van der Waals surface area contributed by atoms with Crippen molar-refractivity contribution in [1.29, 1.82) is 10.5 Å². The van der Waals surface area contributed by atoms with Crippen LogP contribution >= 0.6 is 12.6 Å². The van der Waals surface area contributed by atoms with Gasteiger partial charge >= 0.3 is 36.8 Å². The van der Waals surface area contributed by atoms with Crippen LogP contribution in [0, 0.1) is 71.0 Å². The monoisotopic (exact) mass is 2090 g/mol. The number of hydrogen-bond acceptors (Lipinski definition) is 32. The molecule has 146 heavy (non-hydrogen) atoms. The fourth-order valence-electron chi connectivity index (χ4n) is 14.7. The number of nitrogens with two attached hydrogens (primary N) is 1. The fourth-order valence-corrected chi connectivity index (χ4v) is 15.7. The Labute approximate surface area is 901 Å². The van der Waals surface area contributed by atoms with Gasteiger partial charge in [0.2, 0.25) is 0 Å². The number of esters is 3. The van der Waals surface area contributed by atoms with Crippen molar-refractivity contribution >= 4 is 71.6 Å². The number of methoxy groups -OCH3 is 2. The van der Waals surface area contributed by atoms with Crippen molar-refractivity contribution in [2.75, 3.05) is 205 Å². The number of phenolic OH excluding ortho intramolecular Hbond substituents is 1. The molecular formula is C110H170AlBLiN3O28S2. The van der Waals surface area contributed by atoms with Crippen LogP contribution < -0.4 is 43.5 Å². The first kappa shape index (κ1) is 136. The van der Waals surface area contributed by atoms with Gasteiger partial charge in [0.05, 0.1) is 121 Å². The van der Waals surface area contributed by atoms with Gasteiger partial charge in [-0.15, -0.1) is 0 Å². The predicted molar refractivity (Wildman–Crippen MR) is 569 cm³/mol. The maximum atomic E-state index is 11.9. The summed E-state index contributed by atoms with van der Waals surface area (Å²) in [5, 5.41) is 54.4. The van der Waals surface area contributed by atoms with Gasteiger partial charge in [-0.25, -0.2) is 9.59 Å². The number of aryl methyl sites for hydroxylation is 1. The molecule has 36 heteroatoms. The summed E-state index contributed by atoms with van der Waals surface area (Å²) >= 11 is 3.53. The molecule has 10 heterocycles. The Kier molecular flexibility index (Phi) is 84.0. The van der Waals surface area contributed by atoms with Crippen molar-refractivity contribution in [1.82, 2.24) is 0 Å². The van der Waals surface area contributed by atoms with Gasteiger partial charge in [0, 0.05) is 144 Å². The third-order valence-corrected chi connectivity index (χ3v) is 24.8. The molecular weight excluding hydrogens is 1920 g/mol. The predicted octanol–water partition coefficient (Wildman–Crippen LogP) is 14.0. The number of carbonyl (C=O) groups is 4. The van der Waals surface area contributed by atoms with E-state index in [-0.39, 0.29) is 97.3 Å². The van der Waals surface area contributed by atoms with Crippen LogP contribution in [-0.4, -0.2) is 283 Å². The number of hydrogen-bond donors (Lipinski definition) is 6. The number of aliphatic hydroxyl groups is 3. The van der Waals surface area contributed by atoms with Crippen LogP contribution in [0.15, 0.2) is 150 Å². The van der Waals surface area contributed by atoms with E-state index in [0.717, 1.165) is 230 Å². The normalized spacial score (nSPS) is 17.0. The van der Waals surface area contributed by atoms with Crippen LogP contribution in [0.3, 0.4) is 0 Å². The first-order valence-electron chi connectivity index (χ1n) is 51.0. The van der Waals surface area contributed by atoms with Crippen LogP contribution in [0.25, 0.3) is 0 Å². The van der Waals surface area contributed by atoms with Crippen LogP contribution in [0.1, 0.15) is 230 Å². The van der Waals surface area contributed by atoms with Gasteiger partial charge in [-0.05, 0) is 293 Å². The minimum atomic E-state index is -3.62. The van der Waals surface area contributed by atoms with Crippen LogP contribution in [0.5, 0.6) is 28.7 Å². The van der Waals surface area contributed by atoms with Crippen molar-refractivity contribution in [2.24, 2.45) is 47.2 Å². The van der Waals surface area contributed by atoms with E-state index < -0.39 is 28.3 Å². The molecule has 0 aliphatic carbocycles. The molecule has 0 aromatic heterocycles. The van der Waals surface area contributed by atoms with Gasteiger partial charge in [-0.3, -0.25) is 13.8 Å². The molecule has 16 rings (SSSR count). The van der Waals surface area contributed by atoms with Crippen LogP contribution in [0.2, 0.25) is 6.82 Å². The Morgan fingerprint density at radius 3 is 1.09 bits per heavy atom. The van der Waals surface area contributed by atoms with Crippen molar-refractivity contribution in [3.8, 4) is 40.9 Å². The number of rotatable bonds is 28. The molecule has 2 atom stereocenters. The molecule has 6 aromatic carbocycles. The van der Waals surface area contributed by atoms with E-state index in [2.05, 4.69) is 29.9 Å². The van der Waals surface area contributed by atoms with Gasteiger partial charge < -0.3 is 108 Å². The Balaban J connectivity index is 0.00000162. The largest absolute Gasteiger partial charge is 1.00 e. The Morgan fingerprint density at radius 2 is 0.767 bits per heavy atom. The van der Waals surface area contributed by atoms with E-state index in [1.165, 1.54) is 71.7 Å². The van der Waals surface area contributed by atoms with Gasteiger partial charge in [0.15, 0.2) is 23.1 Å². The van der Waals surface area contributed by atoms with Gasteiger partial charge in [0.1, 0.15) is 28.7 Å². The molecule has 10 saturated heterocycles. The molecule has 0 amide bonds. The smallest absolute Gasteiger partial charge is 1.00 e. The van der Waals surface area contributed by atoms with Crippen LogP contribution in [-0.2, 0) is 80.7 Å². The summed E-state index contributed by atoms with van der Waals surface area (Å²) in [7, 11) is 3.55. The standard InChI is InChI=1S/C15H23NO3.C15H19NO3.C15H17NO3.C14H18O4.C13H18O4S.C8H8O3.C8H14O3.C6H12O2.3C4H8O.C2H6.CH3B.CH4S.Al.Li.4H/c3*16-7-4-15(17)13-2-1-3-14(10-13)19-11-12-5-8-18-9-6-12;1-16-14(15)12-3-2-4-13(9-12)18-10-11-5-7-17-8-6-11;1-11-2-4-13(5-3-11)18(14,15)17-10-12-6-8-16-9-7-12;1-11-8(10)6-3-2-4-7(9)5-6;1-2-11-8(9)7-3-5-10-6-4-7;7-5-6-1-3-8-4-2-6;3*1-2-4-5-3-1;3*1-2;;;;;;/h1-3,10,12,15,17H,4-9,11,16H2;1-3,10,12,15,17H,4-6,8-9,11H2;1-3,10,12H,4-6,8-9,11H2;2-4,9,11H,5-8,10H2,1H3;2-5,12H,6-10H2,1H3;2-5,9H,1H3;7H,2-6H2,1H3;6-7H,1-5H2;3*1-4H2;1-2H3;1H3;2H,1H3;;;;;;/q;;;;;;;;;;;;;;;+1;;;;-1/t2*15-;;;;;;;;;;;;;;;;;;/m11................../s1. The second kappa shape index (κ2) is 90.0. The first-order valence-corrected chi connectivity index (χ1v) is 53.3. The van der Waals surface area contributed by atoms with E-state index in [4.69, 9.17) is 102 Å². The summed E-state index contributed by atoms with van der Waals surface area (Å²) < 4.78 is 118. The average Bonchev–Trinajstić information content (AvgIpc) is 1.16. The number of phenols is 1. The number of carbonyl (C=O) groups excluding carboxylic acids is 4. The van der Waals surface area contributed by atoms with E-state index in [9.17, 15) is 37.8 Å². The van der Waals surface area contributed by atoms with Crippen molar-refractivity contribution in [2.45, 2.75) is 199 Å². The molecule has 0 spiro atoms. The molecule has 6 aromatic rings. The third kappa shape index (κ3) is 64.1. The number of ketones is 1. The number of benzene rings is 6. The van der Waals surface area contributed by atoms with Gasteiger partial charge in [0.25, 0.3) is 10.1 Å². The number of Topliss-reactive ketones (excluding diaryl/α,β-unsaturated/α-hetero) is 1. The number of nitrogens with zero attached hydrogens (tertiary/aromatic N) is 2. The van der Waals surface area contributed by atoms with Crippen molar-refractivity contribution < 1.29 is 153 Å². The summed E-state index contributed by atoms with van der Waals surface area (Å²) in [5.41, 5.74) is 9.49. The maximum Gasteiger partial charge on any atom is 1.00 e. The summed E-state index contributed by atoms with van der Waals surface area (Å²) in [6, 6.07) is 45.6. The average molecular weight is 2090 g/mol. The maximum absolute atomic E-state index is 11.9. The minimum absolute atomic E-state index is 0. The first-order chi connectivity index (χ1) is 70.3. The Morgan fingerprint density at radius 1 is 0.452 bits per heavy atom. The van der Waals surface area contributed by atoms with E-state index >= 15 is 0 Å². The molecule has 0 unspecified atom stereocenters. The SMILES string of the molecule is C1CCOC1.C1CCOC1.C1CCOC1.CC.CCOC(=O)C1CCOCC1.COC(=O)c1cccc(O)c1.COC(=O)c1cccc(OCC2CCOCC2)c1.CS.Cc1ccc(S(=O)(=O)OCC2CCOCC2)cc1.N#CCC(=O)c1cccc(OCC2CCOCC2)c1.N#CC[C@@H](O)c1cccc(OCC2CCOCC2)c1.NCC[C@@H](O)c1cccc(OCC2CCOCC2)c1.OCC1CCOCC1.[AlH3].[B]C.[H-].[Li+]. The zero-order valence-corrected chi connectivity index (χ0v) is 89.3. The molecule has 2 radical (unpaired) electrons.